The highest BCUT2D eigenvalue weighted by Gasteiger charge is 2.40. The summed E-state index contributed by atoms with van der Waals surface area (Å²) in [7, 11) is -0.861. The molecule has 0 amide bonds. The Hall–Kier alpha value is 0.0300. The molecule has 20 heavy (non-hydrogen) atoms. The first kappa shape index (κ1) is 20.0. The molecule has 0 bridgehead atoms. The molecular weight excluding hydrogens is 281 g/mol. The van der Waals surface area contributed by atoms with E-state index >= 15 is 0 Å². The summed E-state index contributed by atoms with van der Waals surface area (Å²) in [5, 5.41) is 10.4. The van der Waals surface area contributed by atoms with E-state index in [1.54, 1.807) is 6.92 Å². The molecule has 0 aromatic carbocycles. The van der Waals surface area contributed by atoms with Crippen LogP contribution in [-0.2, 0) is 9.09 Å². The van der Waals surface area contributed by atoms with Crippen LogP contribution in [0.3, 0.4) is 0 Å². The van der Waals surface area contributed by atoms with E-state index < -0.39 is 13.5 Å². The second kappa shape index (κ2) is 8.47. The lowest BCUT2D eigenvalue weighted by molar-refractivity contribution is -0.965. The van der Waals surface area contributed by atoms with Gasteiger partial charge in [0.25, 0.3) is 0 Å². The Balaban J connectivity index is 4.14. The van der Waals surface area contributed by atoms with Gasteiger partial charge in [0.05, 0.1) is 20.6 Å². The zero-order chi connectivity index (χ0) is 15.9. The van der Waals surface area contributed by atoms with Crippen LogP contribution in [-0.4, -0.2) is 52.3 Å². The van der Waals surface area contributed by atoms with Crippen molar-refractivity contribution in [2.24, 2.45) is 0 Å². The predicted octanol–water partition coefficient (Wildman–Crippen LogP) is 2.24. The normalized spacial score (nSPS) is 16.1. The van der Waals surface area contributed by atoms with Crippen LogP contribution < -0.4 is 0 Å². The molecule has 1 atom stereocenters. The molecule has 0 spiro atoms. The topological polar surface area (TPSA) is 87.0 Å². The maximum absolute atomic E-state index is 10.7. The number of quaternary nitrogens is 1. The average Bonchev–Trinajstić information content (AvgIpc) is 2.30. The van der Waals surface area contributed by atoms with Gasteiger partial charge in [0.15, 0.2) is 0 Å². The van der Waals surface area contributed by atoms with Gasteiger partial charge in [-0.05, 0) is 12.8 Å². The SMILES string of the molecule is CCCCCCCC[N+](C)(C)C(C)(O)COP(=O)(O)O. The highest BCUT2D eigenvalue weighted by molar-refractivity contribution is 7.46. The lowest BCUT2D eigenvalue weighted by atomic mass is 10.1. The fourth-order valence-electron chi connectivity index (χ4n) is 1.91. The van der Waals surface area contributed by atoms with Crippen LogP contribution in [0.4, 0.5) is 0 Å². The van der Waals surface area contributed by atoms with Gasteiger partial charge in [-0.15, -0.1) is 0 Å². The molecule has 6 nitrogen and oxygen atoms in total. The fraction of sp³-hybridized carbons (Fsp3) is 1.00. The first-order chi connectivity index (χ1) is 9.02. The van der Waals surface area contributed by atoms with Crippen molar-refractivity contribution in [2.45, 2.75) is 58.1 Å². The molecular formula is C13H31NO5P+. The van der Waals surface area contributed by atoms with Crippen LogP contribution in [0.2, 0.25) is 0 Å². The zero-order valence-electron chi connectivity index (χ0n) is 13.2. The van der Waals surface area contributed by atoms with Gasteiger partial charge in [-0.25, -0.2) is 4.57 Å². The summed E-state index contributed by atoms with van der Waals surface area (Å²) < 4.78 is 15.4. The van der Waals surface area contributed by atoms with E-state index in [1.807, 2.05) is 14.1 Å². The minimum Gasteiger partial charge on any atom is -0.341 e. The van der Waals surface area contributed by atoms with Gasteiger partial charge < -0.3 is 14.9 Å². The van der Waals surface area contributed by atoms with Crippen LogP contribution in [0, 0.1) is 0 Å². The smallest absolute Gasteiger partial charge is 0.341 e. The van der Waals surface area contributed by atoms with E-state index in [2.05, 4.69) is 11.4 Å². The van der Waals surface area contributed by atoms with E-state index in [9.17, 15) is 9.67 Å². The van der Waals surface area contributed by atoms with Gasteiger partial charge in [-0.2, -0.15) is 0 Å². The third kappa shape index (κ3) is 8.35. The Morgan fingerprint density at radius 3 is 2.10 bits per heavy atom. The summed E-state index contributed by atoms with van der Waals surface area (Å²) >= 11 is 0. The van der Waals surface area contributed by atoms with Gasteiger partial charge in [-0.3, -0.25) is 9.01 Å². The van der Waals surface area contributed by atoms with Crippen LogP contribution in [0.5, 0.6) is 0 Å². The van der Waals surface area contributed by atoms with Gasteiger partial charge in [-0.1, -0.05) is 32.6 Å². The van der Waals surface area contributed by atoms with Crippen molar-refractivity contribution in [3.05, 3.63) is 0 Å². The average molecular weight is 312 g/mol. The Morgan fingerprint density at radius 2 is 1.60 bits per heavy atom. The van der Waals surface area contributed by atoms with Gasteiger partial charge in [0.2, 0.25) is 5.72 Å². The number of phosphoric acid groups is 1. The third-order valence-corrected chi connectivity index (χ3v) is 4.35. The molecule has 0 fully saturated rings. The van der Waals surface area contributed by atoms with E-state index in [4.69, 9.17) is 9.79 Å². The summed E-state index contributed by atoms with van der Waals surface area (Å²) in [6, 6.07) is 0. The molecule has 0 radical (unpaired) electrons. The van der Waals surface area contributed by atoms with E-state index in [0.29, 0.717) is 0 Å². The number of aliphatic hydroxyl groups is 1. The second-order valence-electron chi connectivity index (χ2n) is 6.16. The van der Waals surface area contributed by atoms with Crippen LogP contribution in [0.1, 0.15) is 52.4 Å². The van der Waals surface area contributed by atoms with E-state index in [1.165, 1.54) is 25.7 Å². The number of rotatable bonds is 11. The molecule has 0 aromatic rings. The summed E-state index contributed by atoms with van der Waals surface area (Å²) in [6.45, 7) is 4.07. The lowest BCUT2D eigenvalue weighted by Gasteiger charge is -2.42. The number of phosphoric ester groups is 1. The molecule has 1 unspecified atom stereocenters. The first-order valence-electron chi connectivity index (χ1n) is 7.27. The molecule has 7 heteroatoms. The molecule has 0 aliphatic heterocycles. The molecule has 122 valence electrons. The number of hydrogen-bond donors (Lipinski definition) is 3. The van der Waals surface area contributed by atoms with Crippen molar-refractivity contribution in [3.63, 3.8) is 0 Å². The summed E-state index contributed by atoms with van der Waals surface area (Å²) in [6.07, 6.45) is 6.98. The van der Waals surface area contributed by atoms with Crippen LogP contribution in [0.25, 0.3) is 0 Å². The molecule has 0 aromatic heterocycles. The zero-order valence-corrected chi connectivity index (χ0v) is 14.1. The minimum atomic E-state index is -4.55. The molecule has 0 aliphatic carbocycles. The van der Waals surface area contributed by atoms with E-state index in [0.717, 1.165) is 19.4 Å². The summed E-state index contributed by atoms with van der Waals surface area (Å²) in [5.41, 5.74) is -1.33. The number of unbranched alkanes of at least 4 members (excludes halogenated alkanes) is 5. The molecule has 0 heterocycles. The molecule has 0 aliphatic rings. The highest BCUT2D eigenvalue weighted by Crippen LogP contribution is 2.37. The Bertz CT molecular complexity index is 314. The van der Waals surface area contributed by atoms with Crippen molar-refractivity contribution < 1.29 is 28.5 Å². The van der Waals surface area contributed by atoms with Gasteiger partial charge in [0, 0.05) is 6.92 Å². The Morgan fingerprint density at radius 1 is 1.10 bits per heavy atom. The molecule has 0 rings (SSSR count). The molecule has 0 saturated heterocycles. The maximum atomic E-state index is 10.7. The van der Waals surface area contributed by atoms with Crippen molar-refractivity contribution in [1.82, 2.24) is 0 Å². The van der Waals surface area contributed by atoms with Crippen LogP contribution >= 0.6 is 7.82 Å². The standard InChI is InChI=1S/C13H30NO5P/c1-5-6-7-8-9-10-11-14(3,4)13(2,15)12-19-20(16,17)18/h15H,5-12H2,1-4H3,(H-,16,17,18)/p+1. The summed E-state index contributed by atoms with van der Waals surface area (Å²) in [4.78, 5) is 17.4. The Labute approximate surface area is 122 Å². The van der Waals surface area contributed by atoms with Crippen LogP contribution in [0.15, 0.2) is 0 Å². The summed E-state index contributed by atoms with van der Waals surface area (Å²) in [5.74, 6) is 0. The Kier molecular flexibility index (Phi) is 8.48. The monoisotopic (exact) mass is 312 g/mol. The van der Waals surface area contributed by atoms with Crippen molar-refractivity contribution in [1.29, 1.82) is 0 Å². The first-order valence-corrected chi connectivity index (χ1v) is 8.80. The maximum Gasteiger partial charge on any atom is 0.469 e. The highest BCUT2D eigenvalue weighted by atomic mass is 31.2. The molecule has 3 N–H and O–H groups in total. The largest absolute Gasteiger partial charge is 0.469 e. The van der Waals surface area contributed by atoms with Crippen molar-refractivity contribution in [3.8, 4) is 0 Å². The molecule has 0 saturated carbocycles. The number of nitrogens with zero attached hydrogens (tertiary/aromatic N) is 1. The van der Waals surface area contributed by atoms with Crippen molar-refractivity contribution >= 4 is 7.82 Å². The second-order valence-corrected chi connectivity index (χ2v) is 7.40. The lowest BCUT2D eigenvalue weighted by Crippen LogP contribution is -2.60. The quantitative estimate of drug-likeness (QED) is 0.236. The number of hydrogen-bond acceptors (Lipinski definition) is 3. The predicted molar refractivity (Wildman–Crippen MR) is 79.0 cm³/mol. The third-order valence-electron chi connectivity index (χ3n) is 3.88. The fourth-order valence-corrected chi connectivity index (χ4v) is 2.32. The van der Waals surface area contributed by atoms with Gasteiger partial charge >= 0.3 is 7.82 Å². The number of likely N-dealkylation sites (N-methyl/N-ethyl adjacent to an activating group) is 1. The minimum absolute atomic E-state index is 0.251. The van der Waals surface area contributed by atoms with Gasteiger partial charge in [0.1, 0.15) is 6.61 Å². The van der Waals surface area contributed by atoms with E-state index in [-0.39, 0.29) is 11.1 Å². The van der Waals surface area contributed by atoms with Crippen molar-refractivity contribution in [2.75, 3.05) is 27.2 Å².